The third-order valence-corrected chi connectivity index (χ3v) is 6.76. The standard InChI is InChI=1S/C29H36N4O/c34-28(14-13-25-9-6-17-30-22-25)31-18-5-4-8-24-15-20-33(21-16-24)23-27-12-7-19-32-29(27)26-10-2-1-3-11-26/h1-3,6-7,9-12,17,19,22,24H,4-5,8,13-16,18,20-21,23H2,(H,31,34). The number of amides is 1. The molecule has 4 rings (SSSR count). The molecule has 1 aliphatic heterocycles. The number of benzene rings is 1. The van der Waals surface area contributed by atoms with Gasteiger partial charge in [-0.1, -0.05) is 55.3 Å². The van der Waals surface area contributed by atoms with Crippen LogP contribution in [0.4, 0.5) is 0 Å². The number of piperidine rings is 1. The number of rotatable bonds is 11. The Bertz CT molecular complexity index is 1000. The van der Waals surface area contributed by atoms with Gasteiger partial charge in [-0.15, -0.1) is 0 Å². The number of pyridine rings is 2. The first kappa shape index (κ1) is 24.1. The molecular formula is C29H36N4O. The van der Waals surface area contributed by atoms with Crippen LogP contribution in [0.15, 0.2) is 73.2 Å². The molecule has 0 aliphatic carbocycles. The molecule has 5 heteroatoms. The SMILES string of the molecule is O=C(CCc1cccnc1)NCCCCC1CCN(Cc2cccnc2-c2ccccc2)CC1. The summed E-state index contributed by atoms with van der Waals surface area (Å²) in [6.07, 6.45) is 12.8. The maximum Gasteiger partial charge on any atom is 0.220 e. The van der Waals surface area contributed by atoms with Crippen LogP contribution in [0.3, 0.4) is 0 Å². The van der Waals surface area contributed by atoms with Crippen LogP contribution in [-0.4, -0.2) is 40.4 Å². The van der Waals surface area contributed by atoms with E-state index in [2.05, 4.69) is 56.6 Å². The molecule has 1 amide bonds. The van der Waals surface area contributed by atoms with E-state index in [1.165, 1.54) is 36.8 Å². The Morgan fingerprint density at radius 1 is 0.971 bits per heavy atom. The highest BCUT2D eigenvalue weighted by Gasteiger charge is 2.20. The smallest absolute Gasteiger partial charge is 0.220 e. The quantitative estimate of drug-likeness (QED) is 0.399. The number of nitrogens with zero attached hydrogens (tertiary/aromatic N) is 3. The fraction of sp³-hybridized carbons (Fsp3) is 0.414. The van der Waals surface area contributed by atoms with Gasteiger partial charge < -0.3 is 5.32 Å². The lowest BCUT2D eigenvalue weighted by Crippen LogP contribution is -2.33. The summed E-state index contributed by atoms with van der Waals surface area (Å²) in [7, 11) is 0. The number of nitrogens with one attached hydrogen (secondary N) is 1. The van der Waals surface area contributed by atoms with E-state index in [-0.39, 0.29) is 5.91 Å². The number of aryl methyl sites for hydroxylation is 1. The first-order valence-corrected chi connectivity index (χ1v) is 12.7. The molecule has 0 atom stereocenters. The lowest BCUT2D eigenvalue weighted by Gasteiger charge is -2.32. The van der Waals surface area contributed by atoms with Crippen molar-refractivity contribution in [2.75, 3.05) is 19.6 Å². The van der Waals surface area contributed by atoms with E-state index in [4.69, 9.17) is 0 Å². The fourth-order valence-corrected chi connectivity index (χ4v) is 4.77. The van der Waals surface area contributed by atoms with E-state index in [1.807, 2.05) is 30.6 Å². The molecular weight excluding hydrogens is 420 g/mol. The van der Waals surface area contributed by atoms with E-state index < -0.39 is 0 Å². The minimum absolute atomic E-state index is 0.141. The topological polar surface area (TPSA) is 58.1 Å². The molecule has 1 saturated heterocycles. The molecule has 3 heterocycles. The predicted octanol–water partition coefficient (Wildman–Crippen LogP) is 5.27. The fourth-order valence-electron chi connectivity index (χ4n) is 4.77. The molecule has 1 N–H and O–H groups in total. The van der Waals surface area contributed by atoms with Gasteiger partial charge in [0.1, 0.15) is 0 Å². The van der Waals surface area contributed by atoms with Crippen LogP contribution in [0.1, 0.15) is 49.7 Å². The highest BCUT2D eigenvalue weighted by atomic mass is 16.1. The van der Waals surface area contributed by atoms with E-state index in [0.29, 0.717) is 6.42 Å². The summed E-state index contributed by atoms with van der Waals surface area (Å²) >= 11 is 0. The van der Waals surface area contributed by atoms with Crippen molar-refractivity contribution in [1.82, 2.24) is 20.2 Å². The number of likely N-dealkylation sites (tertiary alicyclic amines) is 1. The van der Waals surface area contributed by atoms with Crippen molar-refractivity contribution in [3.05, 3.63) is 84.3 Å². The van der Waals surface area contributed by atoms with Gasteiger partial charge in [0, 0.05) is 43.7 Å². The Morgan fingerprint density at radius 2 is 1.79 bits per heavy atom. The van der Waals surface area contributed by atoms with Gasteiger partial charge in [0.05, 0.1) is 5.69 Å². The summed E-state index contributed by atoms with van der Waals surface area (Å²) in [6, 6.07) is 18.7. The minimum Gasteiger partial charge on any atom is -0.356 e. The summed E-state index contributed by atoms with van der Waals surface area (Å²) in [5.74, 6) is 0.947. The highest BCUT2D eigenvalue weighted by molar-refractivity contribution is 5.76. The monoisotopic (exact) mass is 456 g/mol. The molecule has 178 valence electrons. The lowest BCUT2D eigenvalue weighted by atomic mass is 9.91. The summed E-state index contributed by atoms with van der Waals surface area (Å²) < 4.78 is 0. The van der Waals surface area contributed by atoms with Crippen LogP contribution in [0.2, 0.25) is 0 Å². The van der Waals surface area contributed by atoms with Gasteiger partial charge in [-0.25, -0.2) is 0 Å². The van der Waals surface area contributed by atoms with Crippen LogP contribution >= 0.6 is 0 Å². The third-order valence-electron chi connectivity index (χ3n) is 6.76. The number of unbranched alkanes of at least 4 members (excludes halogenated alkanes) is 1. The maximum atomic E-state index is 12.0. The van der Waals surface area contributed by atoms with Gasteiger partial charge in [0.15, 0.2) is 0 Å². The van der Waals surface area contributed by atoms with E-state index in [9.17, 15) is 4.79 Å². The van der Waals surface area contributed by atoms with Crippen LogP contribution < -0.4 is 5.32 Å². The number of carbonyl (C=O) groups is 1. The van der Waals surface area contributed by atoms with Gasteiger partial charge in [-0.2, -0.15) is 0 Å². The molecule has 1 fully saturated rings. The zero-order chi connectivity index (χ0) is 23.4. The summed E-state index contributed by atoms with van der Waals surface area (Å²) in [5.41, 5.74) is 4.72. The van der Waals surface area contributed by atoms with Gasteiger partial charge in [0.2, 0.25) is 5.91 Å². The zero-order valence-electron chi connectivity index (χ0n) is 20.0. The Balaban J connectivity index is 1.10. The molecule has 3 aromatic rings. The second kappa shape index (κ2) is 13.0. The second-order valence-corrected chi connectivity index (χ2v) is 9.30. The van der Waals surface area contributed by atoms with Gasteiger partial charge >= 0.3 is 0 Å². The third kappa shape index (κ3) is 7.49. The maximum absolute atomic E-state index is 12.0. The largest absolute Gasteiger partial charge is 0.356 e. The van der Waals surface area contributed by atoms with Gasteiger partial charge in [0.25, 0.3) is 0 Å². The zero-order valence-corrected chi connectivity index (χ0v) is 20.0. The van der Waals surface area contributed by atoms with E-state index in [0.717, 1.165) is 56.2 Å². The number of carbonyl (C=O) groups excluding carboxylic acids is 1. The predicted molar refractivity (Wildman–Crippen MR) is 137 cm³/mol. The molecule has 5 nitrogen and oxygen atoms in total. The molecule has 0 spiro atoms. The molecule has 0 saturated carbocycles. The summed E-state index contributed by atoms with van der Waals surface area (Å²) in [4.78, 5) is 23.4. The summed E-state index contributed by atoms with van der Waals surface area (Å²) in [5, 5.41) is 3.07. The molecule has 1 aliphatic rings. The Morgan fingerprint density at radius 3 is 2.59 bits per heavy atom. The number of hydrogen-bond acceptors (Lipinski definition) is 4. The highest BCUT2D eigenvalue weighted by Crippen LogP contribution is 2.26. The average Bonchev–Trinajstić information content (AvgIpc) is 2.90. The van der Waals surface area contributed by atoms with Crippen molar-refractivity contribution < 1.29 is 4.79 Å². The van der Waals surface area contributed by atoms with E-state index in [1.54, 1.807) is 6.20 Å². The number of hydrogen-bond donors (Lipinski definition) is 1. The molecule has 0 unspecified atom stereocenters. The Labute approximate surface area is 203 Å². The molecule has 34 heavy (non-hydrogen) atoms. The summed E-state index contributed by atoms with van der Waals surface area (Å²) in [6.45, 7) is 4.06. The molecule has 2 aromatic heterocycles. The van der Waals surface area contributed by atoms with Crippen molar-refractivity contribution >= 4 is 5.91 Å². The normalized spacial score (nSPS) is 14.7. The van der Waals surface area contributed by atoms with Crippen molar-refractivity contribution in [3.8, 4) is 11.3 Å². The molecule has 0 radical (unpaired) electrons. The second-order valence-electron chi connectivity index (χ2n) is 9.30. The van der Waals surface area contributed by atoms with E-state index >= 15 is 0 Å². The van der Waals surface area contributed by atoms with Gasteiger partial charge in [-0.3, -0.25) is 19.7 Å². The van der Waals surface area contributed by atoms with Crippen molar-refractivity contribution in [1.29, 1.82) is 0 Å². The Hall–Kier alpha value is -3.05. The van der Waals surface area contributed by atoms with Crippen LogP contribution in [0, 0.1) is 5.92 Å². The van der Waals surface area contributed by atoms with Crippen molar-refractivity contribution in [2.24, 2.45) is 5.92 Å². The first-order valence-electron chi connectivity index (χ1n) is 12.7. The first-order chi connectivity index (χ1) is 16.8. The van der Waals surface area contributed by atoms with Crippen LogP contribution in [-0.2, 0) is 17.8 Å². The minimum atomic E-state index is 0.141. The van der Waals surface area contributed by atoms with Crippen molar-refractivity contribution in [3.63, 3.8) is 0 Å². The number of aromatic nitrogens is 2. The molecule has 1 aromatic carbocycles. The average molecular weight is 457 g/mol. The van der Waals surface area contributed by atoms with Crippen molar-refractivity contribution in [2.45, 2.75) is 51.5 Å². The van der Waals surface area contributed by atoms with Crippen LogP contribution in [0.25, 0.3) is 11.3 Å². The van der Waals surface area contributed by atoms with Crippen LogP contribution in [0.5, 0.6) is 0 Å². The van der Waals surface area contributed by atoms with Gasteiger partial charge in [-0.05, 0) is 68.0 Å². The lowest BCUT2D eigenvalue weighted by molar-refractivity contribution is -0.121. The Kier molecular flexibility index (Phi) is 9.21. The molecule has 0 bridgehead atoms.